The van der Waals surface area contributed by atoms with Crippen LogP contribution in [-0.4, -0.2) is 15.0 Å². The molecule has 0 aliphatic heterocycles. The molecule has 0 amide bonds. The van der Waals surface area contributed by atoms with E-state index in [-0.39, 0.29) is 0 Å². The van der Waals surface area contributed by atoms with Crippen molar-refractivity contribution in [2.24, 2.45) is 0 Å². The van der Waals surface area contributed by atoms with Crippen molar-refractivity contribution >= 4 is 22.8 Å². The summed E-state index contributed by atoms with van der Waals surface area (Å²) in [6, 6.07) is 1.85. The van der Waals surface area contributed by atoms with E-state index >= 15 is 0 Å². The number of aromatic nitrogens is 3. The number of imidazole rings is 1. The van der Waals surface area contributed by atoms with Crippen LogP contribution in [-0.2, 0) is 6.42 Å². The molecule has 0 saturated heterocycles. The minimum atomic E-state index is 0.504. The van der Waals surface area contributed by atoms with Gasteiger partial charge in [-0.25, -0.2) is 9.97 Å². The lowest BCUT2D eigenvalue weighted by Crippen LogP contribution is -1.84. The lowest BCUT2D eigenvalue weighted by atomic mass is 10.3. The number of aromatic amines is 1. The summed E-state index contributed by atoms with van der Waals surface area (Å²) in [7, 11) is 0. The van der Waals surface area contributed by atoms with E-state index in [2.05, 4.69) is 21.9 Å². The number of hydrogen-bond donors (Lipinski definition) is 1. The Kier molecular flexibility index (Phi) is 2.42. The first-order chi connectivity index (χ1) is 6.70. The van der Waals surface area contributed by atoms with Gasteiger partial charge in [0.25, 0.3) is 0 Å². The molecule has 0 fully saturated rings. The normalized spacial score (nSPS) is 11.1. The standard InChI is InChI=1S/C10H12ClN3/c1-3-4-8-13-9-6(2)5-7(11)12-10(9)14-8/h5H,3-4H2,1-2H3,(H,12,13,14). The summed E-state index contributed by atoms with van der Waals surface area (Å²) in [5, 5.41) is 0.504. The minimum Gasteiger partial charge on any atom is -0.340 e. The average Bonchev–Trinajstić information content (AvgIpc) is 2.48. The first-order valence-corrected chi connectivity index (χ1v) is 5.10. The molecule has 74 valence electrons. The zero-order chi connectivity index (χ0) is 10.1. The van der Waals surface area contributed by atoms with Crippen molar-refractivity contribution in [1.29, 1.82) is 0 Å². The number of H-pyrrole nitrogens is 1. The van der Waals surface area contributed by atoms with Crippen LogP contribution < -0.4 is 0 Å². The molecule has 0 unspecified atom stereocenters. The third kappa shape index (κ3) is 1.60. The summed E-state index contributed by atoms with van der Waals surface area (Å²) >= 11 is 5.85. The Labute approximate surface area is 87.5 Å². The van der Waals surface area contributed by atoms with Crippen LogP contribution in [0.1, 0.15) is 24.7 Å². The van der Waals surface area contributed by atoms with Gasteiger partial charge in [0.05, 0.1) is 5.52 Å². The first-order valence-electron chi connectivity index (χ1n) is 4.72. The molecule has 0 atom stereocenters. The van der Waals surface area contributed by atoms with Crippen LogP contribution in [0, 0.1) is 6.92 Å². The molecule has 0 radical (unpaired) electrons. The van der Waals surface area contributed by atoms with Gasteiger partial charge in [0, 0.05) is 6.42 Å². The number of hydrogen-bond acceptors (Lipinski definition) is 2. The SMILES string of the molecule is CCCc1nc2nc(Cl)cc(C)c2[nH]1. The molecule has 0 bridgehead atoms. The van der Waals surface area contributed by atoms with Crippen molar-refractivity contribution in [2.45, 2.75) is 26.7 Å². The molecule has 3 nitrogen and oxygen atoms in total. The summed E-state index contributed by atoms with van der Waals surface area (Å²) < 4.78 is 0. The molecule has 2 heterocycles. The Morgan fingerprint density at radius 1 is 1.43 bits per heavy atom. The number of nitrogens with one attached hydrogen (secondary N) is 1. The zero-order valence-electron chi connectivity index (χ0n) is 8.26. The van der Waals surface area contributed by atoms with Crippen molar-refractivity contribution in [1.82, 2.24) is 15.0 Å². The Hall–Kier alpha value is -1.09. The van der Waals surface area contributed by atoms with E-state index in [1.54, 1.807) is 0 Å². The van der Waals surface area contributed by atoms with Crippen LogP contribution in [0.5, 0.6) is 0 Å². The highest BCUT2D eigenvalue weighted by Crippen LogP contribution is 2.18. The predicted octanol–water partition coefficient (Wildman–Crippen LogP) is 2.87. The van der Waals surface area contributed by atoms with Crippen molar-refractivity contribution < 1.29 is 0 Å². The summed E-state index contributed by atoms with van der Waals surface area (Å²) in [4.78, 5) is 11.8. The van der Waals surface area contributed by atoms with E-state index in [1.165, 1.54) is 0 Å². The number of halogens is 1. The van der Waals surface area contributed by atoms with E-state index in [0.717, 1.165) is 35.4 Å². The highest BCUT2D eigenvalue weighted by Gasteiger charge is 2.06. The molecule has 0 saturated carbocycles. The molecule has 2 rings (SSSR count). The van der Waals surface area contributed by atoms with E-state index in [0.29, 0.717) is 5.15 Å². The van der Waals surface area contributed by atoms with Gasteiger partial charge < -0.3 is 4.98 Å². The van der Waals surface area contributed by atoms with Gasteiger partial charge >= 0.3 is 0 Å². The number of nitrogens with zero attached hydrogens (tertiary/aromatic N) is 2. The van der Waals surface area contributed by atoms with Gasteiger partial charge in [0.2, 0.25) is 0 Å². The number of pyridine rings is 1. The lowest BCUT2D eigenvalue weighted by Gasteiger charge is -1.94. The molecule has 2 aromatic heterocycles. The third-order valence-corrected chi connectivity index (χ3v) is 2.36. The molecule has 0 spiro atoms. The van der Waals surface area contributed by atoms with Gasteiger partial charge in [0.1, 0.15) is 11.0 Å². The second-order valence-corrected chi connectivity index (χ2v) is 3.78. The fourth-order valence-corrected chi connectivity index (χ4v) is 1.75. The molecule has 1 N–H and O–H groups in total. The first kappa shape index (κ1) is 9.46. The number of rotatable bonds is 2. The minimum absolute atomic E-state index is 0.504. The Bertz CT molecular complexity index is 462. The van der Waals surface area contributed by atoms with Crippen molar-refractivity contribution in [2.75, 3.05) is 0 Å². The highest BCUT2D eigenvalue weighted by molar-refractivity contribution is 6.29. The van der Waals surface area contributed by atoms with Crippen LogP contribution in [0.15, 0.2) is 6.07 Å². The molecule has 2 aromatic rings. The Morgan fingerprint density at radius 2 is 2.21 bits per heavy atom. The Morgan fingerprint density at radius 3 is 2.93 bits per heavy atom. The summed E-state index contributed by atoms with van der Waals surface area (Å²) in [6.07, 6.45) is 2.03. The molecule has 0 aliphatic carbocycles. The smallest absolute Gasteiger partial charge is 0.179 e. The van der Waals surface area contributed by atoms with Gasteiger partial charge in [-0.3, -0.25) is 0 Å². The maximum absolute atomic E-state index is 5.85. The van der Waals surface area contributed by atoms with E-state index in [9.17, 15) is 0 Å². The molecule has 0 aromatic carbocycles. The molecule has 0 aliphatic rings. The monoisotopic (exact) mass is 209 g/mol. The van der Waals surface area contributed by atoms with Gasteiger partial charge in [-0.2, -0.15) is 0 Å². The van der Waals surface area contributed by atoms with Crippen molar-refractivity contribution in [3.63, 3.8) is 0 Å². The van der Waals surface area contributed by atoms with Gasteiger partial charge in [-0.15, -0.1) is 0 Å². The molecule has 4 heteroatoms. The summed E-state index contributed by atoms with van der Waals surface area (Å²) in [5.74, 6) is 0.986. The lowest BCUT2D eigenvalue weighted by molar-refractivity contribution is 0.860. The third-order valence-electron chi connectivity index (χ3n) is 2.16. The molecular weight excluding hydrogens is 198 g/mol. The van der Waals surface area contributed by atoms with E-state index < -0.39 is 0 Å². The number of aryl methyl sites for hydroxylation is 2. The van der Waals surface area contributed by atoms with Gasteiger partial charge in [-0.05, 0) is 25.0 Å². The van der Waals surface area contributed by atoms with Crippen LogP contribution >= 0.6 is 11.6 Å². The summed E-state index contributed by atoms with van der Waals surface area (Å²) in [5.41, 5.74) is 2.81. The topological polar surface area (TPSA) is 41.6 Å². The van der Waals surface area contributed by atoms with E-state index in [4.69, 9.17) is 11.6 Å². The van der Waals surface area contributed by atoms with Crippen LogP contribution in [0.4, 0.5) is 0 Å². The fraction of sp³-hybridized carbons (Fsp3) is 0.400. The fourth-order valence-electron chi connectivity index (χ4n) is 1.51. The van der Waals surface area contributed by atoms with Crippen molar-refractivity contribution in [3.8, 4) is 0 Å². The second-order valence-electron chi connectivity index (χ2n) is 3.39. The molecule has 14 heavy (non-hydrogen) atoms. The van der Waals surface area contributed by atoms with Crippen molar-refractivity contribution in [3.05, 3.63) is 22.6 Å². The number of fused-ring (bicyclic) bond motifs is 1. The quantitative estimate of drug-likeness (QED) is 0.773. The second kappa shape index (κ2) is 3.58. The summed E-state index contributed by atoms with van der Waals surface area (Å²) in [6.45, 7) is 4.13. The van der Waals surface area contributed by atoms with Gasteiger partial charge in [-0.1, -0.05) is 18.5 Å². The van der Waals surface area contributed by atoms with Crippen LogP contribution in [0.2, 0.25) is 5.15 Å². The largest absolute Gasteiger partial charge is 0.340 e. The zero-order valence-corrected chi connectivity index (χ0v) is 9.02. The highest BCUT2D eigenvalue weighted by atomic mass is 35.5. The van der Waals surface area contributed by atoms with Crippen LogP contribution in [0.25, 0.3) is 11.2 Å². The van der Waals surface area contributed by atoms with Gasteiger partial charge in [0.15, 0.2) is 5.65 Å². The predicted molar refractivity (Wildman–Crippen MR) is 57.6 cm³/mol. The molecular formula is C10H12ClN3. The van der Waals surface area contributed by atoms with E-state index in [1.807, 2.05) is 13.0 Å². The maximum atomic E-state index is 5.85. The van der Waals surface area contributed by atoms with Crippen LogP contribution in [0.3, 0.4) is 0 Å². The average molecular weight is 210 g/mol. The Balaban J connectivity index is 2.58. The maximum Gasteiger partial charge on any atom is 0.179 e.